The molecular weight excluding hydrogens is 362 g/mol. The van der Waals surface area contributed by atoms with Gasteiger partial charge in [0.25, 0.3) is 0 Å². The predicted molar refractivity (Wildman–Crippen MR) is 112 cm³/mol. The molecule has 0 amide bonds. The summed E-state index contributed by atoms with van der Waals surface area (Å²) in [5.74, 6) is 0.461. The fourth-order valence-corrected chi connectivity index (χ4v) is 0.433. The zero-order chi connectivity index (χ0) is 24.3. The topological polar surface area (TPSA) is 156 Å². The monoisotopic (exact) mass is 405 g/mol. The van der Waals surface area contributed by atoms with Gasteiger partial charge >= 0.3 is 6.15 Å². The average Bonchev–Trinajstić information content (AvgIpc) is 2.35. The van der Waals surface area contributed by atoms with Gasteiger partial charge in [0.05, 0.1) is 19.9 Å². The molecule has 0 aromatic carbocycles. The summed E-state index contributed by atoms with van der Waals surface area (Å²) < 4.78 is 1.86. The van der Waals surface area contributed by atoms with E-state index in [-0.39, 0.29) is 23.5 Å². The van der Waals surface area contributed by atoms with Crippen LogP contribution in [-0.4, -0.2) is 67.0 Å². The predicted octanol–water partition coefficient (Wildman–Crippen LogP) is 0.513. The minimum Gasteiger partial charge on any atom is -0.550 e. The number of carbonyl (C=O) groups excluding carboxylic acids is 3. The van der Waals surface area contributed by atoms with Gasteiger partial charge in [-0.3, -0.25) is 15.7 Å². The molecule has 0 unspecified atom stereocenters. The third kappa shape index (κ3) is 106. The quantitative estimate of drug-likeness (QED) is 0.326. The van der Waals surface area contributed by atoms with Gasteiger partial charge in [-0.1, -0.05) is 20.8 Å². The second-order valence-corrected chi connectivity index (χ2v) is 8.57. The van der Waals surface area contributed by atoms with Crippen LogP contribution >= 0.6 is 0 Å². The molecule has 28 heavy (non-hydrogen) atoms. The molecule has 0 heterocycles. The molecular formula is C19H43N5O4. The minimum atomic E-state index is -0.975. The van der Waals surface area contributed by atoms with Crippen molar-refractivity contribution < 1.29 is 24.1 Å². The van der Waals surface area contributed by atoms with Gasteiger partial charge in [0.2, 0.25) is 5.84 Å². The summed E-state index contributed by atoms with van der Waals surface area (Å²) in [6, 6.07) is 0. The maximum absolute atomic E-state index is 9.90. The molecule has 0 spiro atoms. The third-order valence-corrected chi connectivity index (χ3v) is 2.05. The Morgan fingerprint density at radius 1 is 1.07 bits per heavy atom. The van der Waals surface area contributed by atoms with Crippen LogP contribution in [0.5, 0.6) is 0 Å². The van der Waals surface area contributed by atoms with Crippen molar-refractivity contribution in [2.45, 2.75) is 67.3 Å². The largest absolute Gasteiger partial charge is 0.550 e. The molecule has 0 aromatic heterocycles. The molecule has 0 radical (unpaired) electrons. The Labute approximate surface area is 171 Å². The number of nitrogens with two attached hydrogens (primary N) is 2. The minimum absolute atomic E-state index is 0. The maximum Gasteiger partial charge on any atom is 0.373 e. The Bertz CT molecular complexity index is 458. The van der Waals surface area contributed by atoms with E-state index < -0.39 is 5.97 Å². The highest BCUT2D eigenvalue weighted by Gasteiger charge is 2.08. The van der Waals surface area contributed by atoms with E-state index in [4.69, 9.17) is 26.5 Å². The van der Waals surface area contributed by atoms with Crippen LogP contribution in [0.2, 0.25) is 0 Å². The Morgan fingerprint density at radius 3 is 1.25 bits per heavy atom. The molecule has 0 aromatic rings. The van der Waals surface area contributed by atoms with Crippen LogP contribution in [0, 0.1) is 10.8 Å². The van der Waals surface area contributed by atoms with E-state index in [0.717, 1.165) is 5.84 Å². The lowest BCUT2D eigenvalue weighted by molar-refractivity contribution is -0.465. The molecule has 0 aliphatic rings. The van der Waals surface area contributed by atoms with Gasteiger partial charge in [-0.25, -0.2) is 0 Å². The molecule has 5 N–H and O–H groups in total. The Hall–Kier alpha value is -2.25. The van der Waals surface area contributed by atoms with Crippen molar-refractivity contribution >= 4 is 23.8 Å². The van der Waals surface area contributed by atoms with Crippen LogP contribution in [0.25, 0.3) is 0 Å². The van der Waals surface area contributed by atoms with Crippen LogP contribution < -0.4 is 16.6 Å². The van der Waals surface area contributed by atoms with E-state index >= 15 is 0 Å². The first kappa shape index (κ1) is 36.6. The summed E-state index contributed by atoms with van der Waals surface area (Å²) in [5.41, 5.74) is 10.5. The zero-order valence-electron chi connectivity index (χ0n) is 19.9. The first-order valence-corrected chi connectivity index (χ1v) is 8.59. The van der Waals surface area contributed by atoms with Gasteiger partial charge in [0.1, 0.15) is 0 Å². The van der Waals surface area contributed by atoms with E-state index in [9.17, 15) is 9.90 Å². The number of nitrogens with zero attached hydrogens (tertiary/aromatic N) is 2. The molecule has 9 heteroatoms. The fraction of sp³-hybridized carbons (Fsp3) is 0.789. The summed E-state index contributed by atoms with van der Waals surface area (Å²) in [5, 5.41) is 16.8. The van der Waals surface area contributed by atoms with Crippen molar-refractivity contribution in [2.24, 2.45) is 16.9 Å². The smallest absolute Gasteiger partial charge is 0.373 e. The van der Waals surface area contributed by atoms with E-state index in [1.165, 1.54) is 0 Å². The van der Waals surface area contributed by atoms with Crippen LogP contribution in [0.4, 0.5) is 0 Å². The Balaban J connectivity index is -0.0000000811. The van der Waals surface area contributed by atoms with Crippen molar-refractivity contribution in [3.05, 3.63) is 0 Å². The first-order valence-electron chi connectivity index (χ1n) is 8.59. The molecule has 0 saturated heterocycles. The molecule has 0 aliphatic heterocycles. The van der Waals surface area contributed by atoms with Crippen LogP contribution in [0.3, 0.4) is 0 Å². The van der Waals surface area contributed by atoms with Gasteiger partial charge in [-0.15, -0.1) is 0 Å². The molecule has 0 fully saturated rings. The van der Waals surface area contributed by atoms with Crippen molar-refractivity contribution in [2.75, 3.05) is 28.2 Å². The highest BCUT2D eigenvalue weighted by molar-refractivity contribution is 5.75. The van der Waals surface area contributed by atoms with Crippen LogP contribution in [0.15, 0.2) is 0 Å². The van der Waals surface area contributed by atoms with Gasteiger partial charge in [-0.2, -0.15) is 9.59 Å². The van der Waals surface area contributed by atoms with Crippen molar-refractivity contribution in [1.29, 1.82) is 5.41 Å². The molecule has 9 nitrogen and oxygen atoms in total. The number of carbonyl (C=O) groups is 1. The molecule has 0 rings (SSSR count). The second-order valence-electron chi connectivity index (χ2n) is 8.57. The Morgan fingerprint density at radius 2 is 1.25 bits per heavy atom. The van der Waals surface area contributed by atoms with Crippen molar-refractivity contribution in [3.8, 4) is 0 Å². The van der Waals surface area contributed by atoms with Gasteiger partial charge < -0.3 is 20.5 Å². The van der Waals surface area contributed by atoms with Crippen molar-refractivity contribution in [3.63, 3.8) is 0 Å². The number of hydrogen-bond donors (Lipinski definition) is 3. The highest BCUT2D eigenvalue weighted by Crippen LogP contribution is 2.16. The van der Waals surface area contributed by atoms with E-state index in [2.05, 4.69) is 0 Å². The summed E-state index contributed by atoms with van der Waals surface area (Å²) in [7, 11) is 7.52. The van der Waals surface area contributed by atoms with E-state index in [1.807, 2.05) is 81.2 Å². The number of nitrogens with one attached hydrogen (secondary N) is 1. The van der Waals surface area contributed by atoms with Gasteiger partial charge in [0.15, 0.2) is 0 Å². The molecule has 0 bridgehead atoms. The average molecular weight is 406 g/mol. The maximum atomic E-state index is 9.90. The van der Waals surface area contributed by atoms with Gasteiger partial charge in [-0.05, 0) is 39.5 Å². The van der Waals surface area contributed by atoms with E-state index in [0.29, 0.717) is 5.84 Å². The highest BCUT2D eigenvalue weighted by atomic mass is 16.4. The first-order chi connectivity index (χ1) is 12.1. The lowest BCUT2D eigenvalue weighted by atomic mass is 9.93. The van der Waals surface area contributed by atoms with Crippen LogP contribution in [-0.2, 0) is 14.4 Å². The number of hydrogen-bond acceptors (Lipinski definition) is 6. The second kappa shape index (κ2) is 19.5. The number of amidine groups is 2. The summed E-state index contributed by atoms with van der Waals surface area (Å²) in [6.07, 6.45) is 0.382. The van der Waals surface area contributed by atoms with Crippen molar-refractivity contribution in [1.82, 2.24) is 4.90 Å². The lowest BCUT2D eigenvalue weighted by Gasteiger charge is -2.17. The summed E-state index contributed by atoms with van der Waals surface area (Å²) in [4.78, 5) is 27.9. The molecule has 0 aliphatic carbocycles. The molecule has 0 atom stereocenters. The van der Waals surface area contributed by atoms with E-state index in [1.54, 1.807) is 11.8 Å². The Kier molecular flexibility index (Phi) is 25.5. The molecule has 0 saturated carbocycles. The number of aliphatic carboxylic acids is 1. The fourth-order valence-electron chi connectivity index (χ4n) is 0.433. The summed E-state index contributed by atoms with van der Waals surface area (Å²) in [6.45, 7) is 15.1. The SMILES string of the molecule is CC(=N)N(C)C.CC(C)(C)CC(=O)[O-].CC(C)(C)N.CC(N)=[N+](C)C.O=C=O. The van der Waals surface area contributed by atoms with Gasteiger partial charge in [0, 0.05) is 32.5 Å². The number of carboxylic acids is 1. The zero-order valence-corrected chi connectivity index (χ0v) is 19.9. The number of rotatable bonds is 1. The van der Waals surface area contributed by atoms with Crippen LogP contribution in [0.1, 0.15) is 61.8 Å². The summed E-state index contributed by atoms with van der Waals surface area (Å²) >= 11 is 0. The third-order valence-electron chi connectivity index (χ3n) is 2.05. The normalized spacial score (nSPS) is 9.04. The molecule has 168 valence electrons. The lowest BCUT2D eigenvalue weighted by Crippen LogP contribution is -2.27. The standard InChI is InChI=1S/C6H12O2.2C4H10N2.C4H11N.CO2/c1-6(2,3)4-5(7)8;2*1-4(5)6(2)3;1-4(2,3)5;2-1-3/h4H2,1-3H3,(H,7,8);2*5H,1-3H3;5H2,1-3H3;. The number of carboxylic acid groups (broad SMARTS) is 1.